The van der Waals surface area contributed by atoms with Crippen LogP contribution in [-0.4, -0.2) is 55.2 Å². The van der Waals surface area contributed by atoms with Crippen molar-refractivity contribution in [1.29, 1.82) is 0 Å². The summed E-state index contributed by atoms with van der Waals surface area (Å²) in [5.41, 5.74) is 0. The summed E-state index contributed by atoms with van der Waals surface area (Å²) in [6.45, 7) is 0.828. The average Bonchev–Trinajstić information content (AvgIpc) is 2.76. The van der Waals surface area contributed by atoms with Crippen LogP contribution in [0.15, 0.2) is 0 Å². The molecule has 19 heavy (non-hydrogen) atoms. The van der Waals surface area contributed by atoms with Gasteiger partial charge in [0.25, 0.3) is 0 Å². The summed E-state index contributed by atoms with van der Waals surface area (Å²) >= 11 is 0. The van der Waals surface area contributed by atoms with E-state index < -0.39 is 18.6 Å². The first kappa shape index (κ1) is 14.6. The van der Waals surface area contributed by atoms with Crippen LogP contribution in [-0.2, 0) is 4.79 Å². The number of carbonyl (C=O) groups is 1. The van der Waals surface area contributed by atoms with E-state index in [1.807, 2.05) is 5.32 Å². The Labute approximate surface area is 110 Å². The van der Waals surface area contributed by atoms with Crippen molar-refractivity contribution in [1.82, 2.24) is 15.5 Å². The molecule has 0 saturated carbocycles. The fourth-order valence-electron chi connectivity index (χ4n) is 2.97. The van der Waals surface area contributed by atoms with Gasteiger partial charge in [-0.15, -0.1) is 0 Å². The quantitative estimate of drug-likeness (QED) is 0.803. The van der Waals surface area contributed by atoms with Gasteiger partial charge in [0, 0.05) is 18.6 Å². The molecule has 2 fully saturated rings. The lowest BCUT2D eigenvalue weighted by atomic mass is 9.99. The normalized spacial score (nSPS) is 28.2. The molecule has 2 rings (SSSR count). The first-order valence-electron chi connectivity index (χ1n) is 6.76. The first-order valence-corrected chi connectivity index (χ1v) is 6.76. The maximum absolute atomic E-state index is 11.9. The van der Waals surface area contributed by atoms with E-state index >= 15 is 0 Å². The minimum atomic E-state index is -4.34. The zero-order valence-corrected chi connectivity index (χ0v) is 10.8. The van der Waals surface area contributed by atoms with Crippen LogP contribution in [0.5, 0.6) is 0 Å². The Kier molecular flexibility index (Phi) is 4.67. The van der Waals surface area contributed by atoms with Gasteiger partial charge in [-0.25, -0.2) is 0 Å². The molecule has 1 amide bonds. The number of hydrogen-bond acceptors (Lipinski definition) is 3. The average molecular weight is 279 g/mol. The summed E-state index contributed by atoms with van der Waals surface area (Å²) in [6, 6.07) is 0.682. The minimum absolute atomic E-state index is 0.0366. The van der Waals surface area contributed by atoms with Crippen LogP contribution in [0.25, 0.3) is 0 Å². The first-order chi connectivity index (χ1) is 8.96. The summed E-state index contributed by atoms with van der Waals surface area (Å²) in [6.07, 6.45) is 0.150. The van der Waals surface area contributed by atoms with Gasteiger partial charge in [-0.3, -0.25) is 9.69 Å². The number of piperidine rings is 1. The van der Waals surface area contributed by atoms with Crippen molar-refractivity contribution in [3.05, 3.63) is 0 Å². The van der Waals surface area contributed by atoms with Crippen molar-refractivity contribution < 1.29 is 18.0 Å². The Bertz CT molecular complexity index is 322. The van der Waals surface area contributed by atoms with E-state index in [9.17, 15) is 18.0 Å². The van der Waals surface area contributed by atoms with Gasteiger partial charge in [-0.2, -0.15) is 13.2 Å². The Hall–Kier alpha value is -0.820. The zero-order valence-electron chi connectivity index (χ0n) is 10.8. The number of halogens is 3. The molecule has 2 saturated heterocycles. The van der Waals surface area contributed by atoms with Gasteiger partial charge in [0.05, 0.1) is 6.54 Å². The summed E-state index contributed by atoms with van der Waals surface area (Å²) in [5, 5.41) is 4.97. The van der Waals surface area contributed by atoms with Crippen molar-refractivity contribution in [2.45, 2.75) is 43.9 Å². The van der Waals surface area contributed by atoms with E-state index in [0.717, 1.165) is 25.9 Å². The molecule has 2 atom stereocenters. The number of rotatable bonds is 4. The van der Waals surface area contributed by atoms with Gasteiger partial charge in [-0.05, 0) is 25.8 Å². The Morgan fingerprint density at radius 1 is 1.21 bits per heavy atom. The lowest BCUT2D eigenvalue weighted by molar-refractivity contribution is -0.138. The van der Waals surface area contributed by atoms with Gasteiger partial charge < -0.3 is 10.6 Å². The predicted octanol–water partition coefficient (Wildman–Crippen LogP) is 0.881. The molecular weight excluding hydrogens is 259 g/mol. The Morgan fingerprint density at radius 3 is 2.74 bits per heavy atom. The van der Waals surface area contributed by atoms with Gasteiger partial charge >= 0.3 is 6.18 Å². The molecule has 0 radical (unpaired) electrons. The van der Waals surface area contributed by atoms with Crippen molar-refractivity contribution in [3.63, 3.8) is 0 Å². The molecule has 2 heterocycles. The molecule has 0 spiro atoms. The topological polar surface area (TPSA) is 44.4 Å². The third-order valence-electron chi connectivity index (χ3n) is 3.87. The van der Waals surface area contributed by atoms with Gasteiger partial charge in [-0.1, -0.05) is 6.42 Å². The Balaban J connectivity index is 1.69. The third-order valence-corrected chi connectivity index (χ3v) is 3.87. The largest absolute Gasteiger partial charge is 0.405 e. The molecule has 2 N–H and O–H groups in total. The number of nitrogens with zero attached hydrogens (tertiary/aromatic N) is 1. The summed E-state index contributed by atoms with van der Waals surface area (Å²) in [4.78, 5) is 13.7. The summed E-state index contributed by atoms with van der Waals surface area (Å²) in [7, 11) is 0. The molecule has 110 valence electrons. The molecule has 0 aromatic carbocycles. The van der Waals surface area contributed by atoms with E-state index in [-0.39, 0.29) is 12.6 Å². The maximum Gasteiger partial charge on any atom is 0.405 e. The molecular formula is C12H20F3N3O. The smallest absolute Gasteiger partial charge is 0.346 e. The maximum atomic E-state index is 11.9. The van der Waals surface area contributed by atoms with E-state index in [0.29, 0.717) is 6.04 Å². The van der Waals surface area contributed by atoms with Crippen molar-refractivity contribution in [3.8, 4) is 0 Å². The molecule has 0 aromatic heterocycles. The van der Waals surface area contributed by atoms with Crippen LogP contribution in [0.4, 0.5) is 13.2 Å². The molecule has 2 unspecified atom stereocenters. The minimum Gasteiger partial charge on any atom is -0.346 e. The second kappa shape index (κ2) is 6.09. The highest BCUT2D eigenvalue weighted by molar-refractivity contribution is 5.78. The number of fused-ring (bicyclic) bond motifs is 1. The second-order valence-corrected chi connectivity index (χ2v) is 5.27. The lowest BCUT2D eigenvalue weighted by Gasteiger charge is -2.32. The SMILES string of the molecule is O=C(CNC1CCN2CCCCC12)NCC(F)(F)F. The number of hydrogen-bond donors (Lipinski definition) is 2. The van der Waals surface area contributed by atoms with Crippen LogP contribution in [0.1, 0.15) is 25.7 Å². The third kappa shape index (κ3) is 4.35. The zero-order chi connectivity index (χ0) is 13.9. The second-order valence-electron chi connectivity index (χ2n) is 5.27. The van der Waals surface area contributed by atoms with Crippen LogP contribution < -0.4 is 10.6 Å². The van der Waals surface area contributed by atoms with Gasteiger partial charge in [0.2, 0.25) is 5.91 Å². The van der Waals surface area contributed by atoms with Gasteiger partial charge in [0.15, 0.2) is 0 Å². The summed E-state index contributed by atoms with van der Waals surface area (Å²) in [5.74, 6) is -0.591. The van der Waals surface area contributed by atoms with Crippen LogP contribution >= 0.6 is 0 Å². The summed E-state index contributed by atoms with van der Waals surface area (Å²) < 4.78 is 35.8. The van der Waals surface area contributed by atoms with Crippen LogP contribution in [0.3, 0.4) is 0 Å². The molecule has 2 aliphatic rings. The monoisotopic (exact) mass is 279 g/mol. The van der Waals surface area contributed by atoms with E-state index in [2.05, 4.69) is 10.2 Å². The fraction of sp³-hybridized carbons (Fsp3) is 0.917. The van der Waals surface area contributed by atoms with Crippen molar-refractivity contribution in [2.24, 2.45) is 0 Å². The van der Waals surface area contributed by atoms with E-state index in [1.165, 1.54) is 12.8 Å². The van der Waals surface area contributed by atoms with Crippen LogP contribution in [0, 0.1) is 0 Å². The highest BCUT2D eigenvalue weighted by atomic mass is 19.4. The molecule has 0 aromatic rings. The lowest BCUT2D eigenvalue weighted by Crippen LogP contribution is -2.48. The predicted molar refractivity (Wildman–Crippen MR) is 64.7 cm³/mol. The highest BCUT2D eigenvalue weighted by Crippen LogP contribution is 2.26. The standard InChI is InChI=1S/C12H20F3N3O/c13-12(14,15)8-17-11(19)7-16-9-4-6-18-5-2-1-3-10(9)18/h9-10,16H,1-8H2,(H,17,19). The van der Waals surface area contributed by atoms with Gasteiger partial charge in [0.1, 0.15) is 6.54 Å². The molecule has 7 heteroatoms. The molecule has 0 bridgehead atoms. The molecule has 2 aliphatic heterocycles. The number of nitrogens with one attached hydrogen (secondary N) is 2. The number of amides is 1. The molecule has 0 aliphatic carbocycles. The van der Waals surface area contributed by atoms with Crippen LogP contribution in [0.2, 0.25) is 0 Å². The molecule has 4 nitrogen and oxygen atoms in total. The number of alkyl halides is 3. The Morgan fingerprint density at radius 2 is 2.00 bits per heavy atom. The van der Waals surface area contributed by atoms with Crippen molar-refractivity contribution in [2.75, 3.05) is 26.2 Å². The highest BCUT2D eigenvalue weighted by Gasteiger charge is 2.35. The van der Waals surface area contributed by atoms with Crippen molar-refractivity contribution >= 4 is 5.91 Å². The fourth-order valence-corrected chi connectivity index (χ4v) is 2.97. The van der Waals surface area contributed by atoms with E-state index in [1.54, 1.807) is 0 Å². The number of carbonyl (C=O) groups excluding carboxylic acids is 1. The van der Waals surface area contributed by atoms with E-state index in [4.69, 9.17) is 0 Å².